The van der Waals surface area contributed by atoms with E-state index in [1.807, 2.05) is 0 Å². The number of benzene rings is 1. The molecule has 0 N–H and O–H groups in total. The van der Waals surface area contributed by atoms with E-state index in [1.54, 1.807) is 0 Å². The van der Waals surface area contributed by atoms with E-state index in [2.05, 4.69) is 4.74 Å². The first kappa shape index (κ1) is 9.76. The van der Waals surface area contributed by atoms with E-state index in [0.29, 0.717) is 6.07 Å². The van der Waals surface area contributed by atoms with Gasteiger partial charge in [-0.3, -0.25) is 9.59 Å². The van der Waals surface area contributed by atoms with Gasteiger partial charge in [0.2, 0.25) is 0 Å². The van der Waals surface area contributed by atoms with E-state index >= 15 is 0 Å². The molecule has 0 radical (unpaired) electrons. The van der Waals surface area contributed by atoms with Crippen LogP contribution in [0, 0.1) is 11.6 Å². The highest BCUT2D eigenvalue weighted by Crippen LogP contribution is 2.28. The predicted molar refractivity (Wildman–Crippen MR) is 44.8 cm³/mol. The van der Waals surface area contributed by atoms with Gasteiger partial charge in [0.1, 0.15) is 11.6 Å². The topological polar surface area (TPSA) is 43.4 Å². The van der Waals surface area contributed by atoms with Gasteiger partial charge in [-0.05, 0) is 17.7 Å². The van der Waals surface area contributed by atoms with Gasteiger partial charge in [0.15, 0.2) is 0 Å². The summed E-state index contributed by atoms with van der Waals surface area (Å²) in [5.74, 6) is -3.88. The van der Waals surface area contributed by atoms with E-state index in [4.69, 9.17) is 0 Å². The summed E-state index contributed by atoms with van der Waals surface area (Å²) >= 11 is 0. The van der Waals surface area contributed by atoms with Gasteiger partial charge in [0.25, 0.3) is 0 Å². The molecule has 1 atom stereocenters. The van der Waals surface area contributed by atoms with Crippen molar-refractivity contribution < 1.29 is 23.1 Å². The molecule has 2 rings (SSSR count). The highest BCUT2D eigenvalue weighted by Gasteiger charge is 2.35. The van der Waals surface area contributed by atoms with Crippen molar-refractivity contribution in [1.82, 2.24) is 0 Å². The molecule has 5 heteroatoms. The Balaban J connectivity index is 2.37. The number of carbonyl (C=O) groups excluding carboxylic acids is 2. The molecule has 1 saturated heterocycles. The minimum absolute atomic E-state index is 0.128. The zero-order valence-electron chi connectivity index (χ0n) is 7.50. The third kappa shape index (κ3) is 1.86. The molecule has 1 aromatic rings. The van der Waals surface area contributed by atoms with Crippen LogP contribution in [0.5, 0.6) is 0 Å². The van der Waals surface area contributed by atoms with Crippen LogP contribution in [-0.4, -0.2) is 11.9 Å². The van der Waals surface area contributed by atoms with Crippen molar-refractivity contribution in [3.05, 3.63) is 35.4 Å². The van der Waals surface area contributed by atoms with Crippen LogP contribution in [0.15, 0.2) is 18.2 Å². The Labute approximate surface area is 83.7 Å². The summed E-state index contributed by atoms with van der Waals surface area (Å²) < 4.78 is 29.9. The summed E-state index contributed by atoms with van der Waals surface area (Å²) in [4.78, 5) is 21.9. The second kappa shape index (κ2) is 3.42. The monoisotopic (exact) mass is 212 g/mol. The van der Waals surface area contributed by atoms with Crippen molar-refractivity contribution in [2.75, 3.05) is 0 Å². The van der Waals surface area contributed by atoms with Crippen LogP contribution in [-0.2, 0) is 14.3 Å². The van der Waals surface area contributed by atoms with Crippen LogP contribution in [0.25, 0.3) is 0 Å². The lowest BCUT2D eigenvalue weighted by Gasteiger charge is -2.04. The van der Waals surface area contributed by atoms with Crippen molar-refractivity contribution in [3.8, 4) is 0 Å². The summed E-state index contributed by atoms with van der Waals surface area (Å²) in [6, 6.07) is 2.74. The van der Waals surface area contributed by atoms with Crippen molar-refractivity contribution in [3.63, 3.8) is 0 Å². The Hall–Kier alpha value is -1.78. The number of ether oxygens (including phenoxy) is 1. The van der Waals surface area contributed by atoms with E-state index in [1.165, 1.54) is 0 Å². The summed E-state index contributed by atoms with van der Waals surface area (Å²) in [7, 11) is 0. The minimum atomic E-state index is -0.886. The first-order chi connectivity index (χ1) is 7.06. The predicted octanol–water partition coefficient (Wildman–Crippen LogP) is 1.52. The Morgan fingerprint density at radius 2 is 1.73 bits per heavy atom. The molecule has 0 bridgehead atoms. The fourth-order valence-electron chi connectivity index (χ4n) is 1.51. The number of halogens is 2. The molecule has 0 amide bonds. The molecule has 1 fully saturated rings. The van der Waals surface area contributed by atoms with Gasteiger partial charge in [-0.2, -0.15) is 0 Å². The van der Waals surface area contributed by atoms with Gasteiger partial charge in [0.05, 0.1) is 12.3 Å². The Kier molecular flexibility index (Phi) is 2.22. The molecular weight excluding hydrogens is 206 g/mol. The van der Waals surface area contributed by atoms with Gasteiger partial charge in [0, 0.05) is 6.07 Å². The van der Waals surface area contributed by atoms with Gasteiger partial charge in [-0.25, -0.2) is 8.78 Å². The maximum Gasteiger partial charge on any atom is 0.321 e. The van der Waals surface area contributed by atoms with E-state index in [0.717, 1.165) is 12.1 Å². The van der Waals surface area contributed by atoms with Crippen LogP contribution >= 0.6 is 0 Å². The Morgan fingerprint density at radius 3 is 2.20 bits per heavy atom. The lowest BCUT2D eigenvalue weighted by molar-refractivity contribution is -0.152. The average Bonchev–Trinajstić information content (AvgIpc) is 2.43. The van der Waals surface area contributed by atoms with Gasteiger partial charge in [-0.1, -0.05) is 0 Å². The largest absolute Gasteiger partial charge is 0.393 e. The number of carbonyl (C=O) groups is 2. The zero-order chi connectivity index (χ0) is 11.0. The molecular formula is C10H6F2O3. The number of esters is 2. The summed E-state index contributed by atoms with van der Waals surface area (Å²) in [5, 5.41) is 0. The fraction of sp³-hybridized carbons (Fsp3) is 0.200. The number of hydrogen-bond donors (Lipinski definition) is 0. The molecule has 0 aromatic heterocycles. The van der Waals surface area contributed by atoms with E-state index in [9.17, 15) is 18.4 Å². The van der Waals surface area contributed by atoms with Crippen LogP contribution in [0.2, 0.25) is 0 Å². The zero-order valence-corrected chi connectivity index (χ0v) is 7.50. The summed E-state index contributed by atoms with van der Waals surface area (Å²) in [5.41, 5.74) is 0.128. The molecule has 15 heavy (non-hydrogen) atoms. The highest BCUT2D eigenvalue weighted by atomic mass is 19.1. The molecule has 3 nitrogen and oxygen atoms in total. The molecule has 1 aromatic carbocycles. The van der Waals surface area contributed by atoms with Crippen molar-refractivity contribution in [2.45, 2.75) is 12.3 Å². The lowest BCUT2D eigenvalue weighted by atomic mass is 9.97. The van der Waals surface area contributed by atoms with Crippen LogP contribution in [0.4, 0.5) is 8.78 Å². The van der Waals surface area contributed by atoms with Crippen molar-refractivity contribution in [1.29, 1.82) is 0 Å². The number of hydrogen-bond acceptors (Lipinski definition) is 3. The minimum Gasteiger partial charge on any atom is -0.393 e. The van der Waals surface area contributed by atoms with Gasteiger partial charge in [-0.15, -0.1) is 0 Å². The third-order valence-corrected chi connectivity index (χ3v) is 2.16. The quantitative estimate of drug-likeness (QED) is 0.523. The first-order valence-corrected chi connectivity index (χ1v) is 4.27. The molecule has 0 aliphatic carbocycles. The molecule has 0 saturated carbocycles. The van der Waals surface area contributed by atoms with Gasteiger partial charge >= 0.3 is 11.9 Å². The highest BCUT2D eigenvalue weighted by molar-refractivity contribution is 5.97. The van der Waals surface area contributed by atoms with E-state index < -0.39 is 29.5 Å². The van der Waals surface area contributed by atoms with Crippen molar-refractivity contribution >= 4 is 11.9 Å². The fourth-order valence-corrected chi connectivity index (χ4v) is 1.51. The Bertz CT molecular complexity index is 422. The average molecular weight is 212 g/mol. The van der Waals surface area contributed by atoms with E-state index in [-0.39, 0.29) is 12.0 Å². The molecule has 1 aliphatic rings. The lowest BCUT2D eigenvalue weighted by Crippen LogP contribution is -2.06. The first-order valence-electron chi connectivity index (χ1n) is 4.27. The van der Waals surface area contributed by atoms with Crippen molar-refractivity contribution in [2.24, 2.45) is 0 Å². The maximum absolute atomic E-state index is 12.8. The smallest absolute Gasteiger partial charge is 0.321 e. The normalized spacial score (nSPS) is 20.5. The Morgan fingerprint density at radius 1 is 1.13 bits per heavy atom. The SMILES string of the molecule is O=C1CC(c2cc(F)cc(F)c2)C(=O)O1. The summed E-state index contributed by atoms with van der Waals surface area (Å²) in [6.45, 7) is 0. The number of rotatable bonds is 1. The second-order valence-corrected chi connectivity index (χ2v) is 3.25. The molecule has 78 valence electrons. The van der Waals surface area contributed by atoms with Gasteiger partial charge < -0.3 is 4.74 Å². The van der Waals surface area contributed by atoms with Crippen LogP contribution < -0.4 is 0 Å². The molecule has 1 unspecified atom stereocenters. The third-order valence-electron chi connectivity index (χ3n) is 2.16. The molecule has 0 spiro atoms. The number of cyclic esters (lactones) is 2. The summed E-state index contributed by atoms with van der Waals surface area (Å²) in [6.07, 6.45) is -0.165. The molecule has 1 heterocycles. The second-order valence-electron chi connectivity index (χ2n) is 3.25. The van der Waals surface area contributed by atoms with Crippen LogP contribution in [0.1, 0.15) is 17.9 Å². The van der Waals surface area contributed by atoms with Crippen LogP contribution in [0.3, 0.4) is 0 Å². The maximum atomic E-state index is 12.8. The molecule has 1 aliphatic heterocycles. The standard InChI is InChI=1S/C10H6F2O3/c11-6-1-5(2-7(12)3-6)8-4-9(13)15-10(8)14/h1-3,8H,4H2.